The first-order valence-electron chi connectivity index (χ1n) is 5.56. The van der Waals surface area contributed by atoms with Crippen LogP contribution in [0.1, 0.15) is 33.1 Å². The second kappa shape index (κ2) is 8.52. The Morgan fingerprint density at radius 2 is 1.77 bits per heavy atom. The molecule has 0 aromatic carbocycles. The van der Waals surface area contributed by atoms with E-state index in [0.29, 0.717) is 0 Å². The van der Waals surface area contributed by atoms with Crippen LogP contribution in [0, 0.1) is 5.92 Å². The molecule has 1 N–H and O–H groups in total. The number of nitrogens with zero attached hydrogens (tertiary/aromatic N) is 1. The van der Waals surface area contributed by atoms with Crippen molar-refractivity contribution < 1.29 is 0 Å². The molecule has 0 saturated carbocycles. The van der Waals surface area contributed by atoms with Gasteiger partial charge in [-0.15, -0.1) is 0 Å². The third-order valence-electron chi connectivity index (χ3n) is 2.55. The van der Waals surface area contributed by atoms with Crippen molar-refractivity contribution in [3.63, 3.8) is 0 Å². The zero-order chi connectivity index (χ0) is 10.1. The fourth-order valence-corrected chi connectivity index (χ4v) is 1.40. The summed E-state index contributed by atoms with van der Waals surface area (Å²) in [5.41, 5.74) is 0. The van der Waals surface area contributed by atoms with Crippen LogP contribution in [-0.2, 0) is 0 Å². The molecular formula is C11H26N2. The summed E-state index contributed by atoms with van der Waals surface area (Å²) >= 11 is 0. The molecule has 0 atom stereocenters. The van der Waals surface area contributed by atoms with Gasteiger partial charge >= 0.3 is 0 Å². The Kier molecular flexibility index (Phi) is 8.46. The lowest BCUT2D eigenvalue weighted by Crippen LogP contribution is -2.25. The first kappa shape index (κ1) is 12.9. The summed E-state index contributed by atoms with van der Waals surface area (Å²) < 4.78 is 0. The highest BCUT2D eigenvalue weighted by Gasteiger charge is 2.01. The van der Waals surface area contributed by atoms with E-state index in [4.69, 9.17) is 0 Å². The molecule has 0 saturated heterocycles. The average Bonchev–Trinajstić information content (AvgIpc) is 2.11. The van der Waals surface area contributed by atoms with Crippen molar-refractivity contribution in [3.8, 4) is 0 Å². The largest absolute Gasteiger partial charge is 0.316 e. The number of hydrogen-bond donors (Lipinski definition) is 1. The van der Waals surface area contributed by atoms with Crippen LogP contribution in [-0.4, -0.2) is 38.6 Å². The zero-order valence-electron chi connectivity index (χ0n) is 9.77. The Morgan fingerprint density at radius 3 is 2.23 bits per heavy atom. The fourth-order valence-electron chi connectivity index (χ4n) is 1.40. The molecular weight excluding hydrogens is 160 g/mol. The highest BCUT2D eigenvalue weighted by Crippen LogP contribution is 2.04. The van der Waals surface area contributed by atoms with E-state index in [1.165, 1.54) is 32.4 Å². The van der Waals surface area contributed by atoms with E-state index in [-0.39, 0.29) is 0 Å². The van der Waals surface area contributed by atoms with Crippen LogP contribution in [0.2, 0.25) is 0 Å². The third kappa shape index (κ3) is 8.26. The van der Waals surface area contributed by atoms with E-state index in [0.717, 1.165) is 12.5 Å². The van der Waals surface area contributed by atoms with Crippen LogP contribution in [0.5, 0.6) is 0 Å². The van der Waals surface area contributed by atoms with Crippen molar-refractivity contribution in [1.82, 2.24) is 10.2 Å². The second-order valence-corrected chi connectivity index (χ2v) is 4.04. The van der Waals surface area contributed by atoms with Crippen LogP contribution in [0.3, 0.4) is 0 Å². The first-order valence-corrected chi connectivity index (χ1v) is 5.56. The predicted octanol–water partition coefficient (Wildman–Crippen LogP) is 1.96. The summed E-state index contributed by atoms with van der Waals surface area (Å²) in [6.45, 7) is 8.09. The minimum atomic E-state index is 0.874. The fraction of sp³-hybridized carbons (Fsp3) is 1.00. The van der Waals surface area contributed by atoms with Crippen molar-refractivity contribution in [2.45, 2.75) is 33.1 Å². The van der Waals surface area contributed by atoms with E-state index in [1.54, 1.807) is 0 Å². The van der Waals surface area contributed by atoms with E-state index < -0.39 is 0 Å². The molecule has 0 aliphatic carbocycles. The number of rotatable bonds is 8. The molecule has 2 nitrogen and oxygen atoms in total. The molecule has 80 valence electrons. The second-order valence-electron chi connectivity index (χ2n) is 4.04. The summed E-state index contributed by atoms with van der Waals surface area (Å²) in [4.78, 5) is 2.23. The Balaban J connectivity index is 3.14. The highest BCUT2D eigenvalue weighted by molar-refractivity contribution is 4.58. The average molecular weight is 186 g/mol. The van der Waals surface area contributed by atoms with Crippen molar-refractivity contribution >= 4 is 0 Å². The topological polar surface area (TPSA) is 15.3 Å². The van der Waals surface area contributed by atoms with Crippen LogP contribution < -0.4 is 5.32 Å². The van der Waals surface area contributed by atoms with Crippen LogP contribution >= 0.6 is 0 Å². The van der Waals surface area contributed by atoms with E-state index in [1.807, 2.05) is 0 Å². The lowest BCUT2D eigenvalue weighted by atomic mass is 10.0. The predicted molar refractivity (Wildman–Crippen MR) is 60.1 cm³/mol. The summed E-state index contributed by atoms with van der Waals surface area (Å²) in [5.74, 6) is 0.874. The summed E-state index contributed by atoms with van der Waals surface area (Å²) in [7, 11) is 4.25. The quantitative estimate of drug-likeness (QED) is 0.583. The first-order chi connectivity index (χ1) is 6.20. The third-order valence-corrected chi connectivity index (χ3v) is 2.55. The van der Waals surface area contributed by atoms with Gasteiger partial charge in [-0.3, -0.25) is 0 Å². The van der Waals surface area contributed by atoms with Crippen molar-refractivity contribution in [1.29, 1.82) is 0 Å². The molecule has 0 amide bonds. The van der Waals surface area contributed by atoms with Gasteiger partial charge in [-0.1, -0.05) is 26.7 Å². The molecule has 0 spiro atoms. The Bertz CT molecular complexity index is 98.3. The maximum atomic E-state index is 3.52. The molecule has 13 heavy (non-hydrogen) atoms. The molecule has 0 aromatic heterocycles. The monoisotopic (exact) mass is 186 g/mol. The van der Waals surface area contributed by atoms with Gasteiger partial charge in [0.2, 0.25) is 0 Å². The molecule has 2 heteroatoms. The van der Waals surface area contributed by atoms with Crippen molar-refractivity contribution in [2.75, 3.05) is 33.7 Å². The van der Waals surface area contributed by atoms with Crippen LogP contribution in [0.15, 0.2) is 0 Å². The molecule has 0 fully saturated rings. The minimum Gasteiger partial charge on any atom is -0.316 e. The molecule has 0 aromatic rings. The van der Waals surface area contributed by atoms with E-state index in [2.05, 4.69) is 38.2 Å². The lowest BCUT2D eigenvalue weighted by Gasteiger charge is -2.14. The molecule has 0 radical (unpaired) electrons. The maximum Gasteiger partial charge on any atom is -0.00127 e. The van der Waals surface area contributed by atoms with Gasteiger partial charge in [0.25, 0.3) is 0 Å². The lowest BCUT2D eigenvalue weighted by molar-refractivity contribution is 0.384. The molecule has 0 rings (SSSR count). The molecule has 0 aliphatic rings. The van der Waals surface area contributed by atoms with Gasteiger partial charge in [0, 0.05) is 0 Å². The highest BCUT2D eigenvalue weighted by atomic mass is 15.0. The minimum absolute atomic E-state index is 0.874. The van der Waals surface area contributed by atoms with Gasteiger partial charge in [-0.25, -0.2) is 0 Å². The Hall–Kier alpha value is -0.0800. The zero-order valence-corrected chi connectivity index (χ0v) is 9.77. The van der Waals surface area contributed by atoms with E-state index >= 15 is 0 Å². The Labute approximate surface area is 83.7 Å². The molecule has 0 bridgehead atoms. The van der Waals surface area contributed by atoms with Crippen LogP contribution in [0.4, 0.5) is 0 Å². The van der Waals surface area contributed by atoms with Crippen molar-refractivity contribution in [2.24, 2.45) is 5.92 Å². The summed E-state index contributed by atoms with van der Waals surface area (Å²) in [6, 6.07) is 0. The number of hydrogen-bond acceptors (Lipinski definition) is 2. The van der Waals surface area contributed by atoms with Crippen molar-refractivity contribution in [3.05, 3.63) is 0 Å². The SMILES string of the molecule is CCC(CC)CNCCCN(C)C. The standard InChI is InChI=1S/C11H26N2/c1-5-11(6-2)10-12-8-7-9-13(3)4/h11-12H,5-10H2,1-4H3. The van der Waals surface area contributed by atoms with Gasteiger partial charge in [0.1, 0.15) is 0 Å². The number of nitrogens with one attached hydrogen (secondary N) is 1. The van der Waals surface area contributed by atoms with E-state index in [9.17, 15) is 0 Å². The van der Waals surface area contributed by atoms with Gasteiger partial charge in [-0.05, 0) is 46.1 Å². The normalized spacial score (nSPS) is 11.5. The summed E-state index contributed by atoms with van der Waals surface area (Å²) in [5, 5.41) is 3.52. The van der Waals surface area contributed by atoms with Gasteiger partial charge in [-0.2, -0.15) is 0 Å². The molecule has 0 unspecified atom stereocenters. The van der Waals surface area contributed by atoms with Gasteiger partial charge in [0.15, 0.2) is 0 Å². The van der Waals surface area contributed by atoms with Gasteiger partial charge < -0.3 is 10.2 Å². The van der Waals surface area contributed by atoms with Gasteiger partial charge in [0.05, 0.1) is 0 Å². The Morgan fingerprint density at radius 1 is 1.15 bits per heavy atom. The molecule has 0 aliphatic heterocycles. The maximum absolute atomic E-state index is 3.52. The smallest absolute Gasteiger partial charge is 0.00127 e. The van der Waals surface area contributed by atoms with Crippen LogP contribution in [0.25, 0.3) is 0 Å². The molecule has 0 heterocycles. The summed E-state index contributed by atoms with van der Waals surface area (Å²) in [6.07, 6.45) is 3.86.